The van der Waals surface area contributed by atoms with Gasteiger partial charge in [0.05, 0.1) is 0 Å². The van der Waals surface area contributed by atoms with E-state index in [4.69, 9.17) is 0 Å². The van der Waals surface area contributed by atoms with Gasteiger partial charge in [0, 0.05) is 25.6 Å². The second-order valence-corrected chi connectivity index (χ2v) is 6.24. The normalized spacial score (nSPS) is 16.0. The number of carbonyl (C=O) groups is 2. The fourth-order valence-corrected chi connectivity index (χ4v) is 2.45. The fraction of sp³-hybridized carbons (Fsp3) is 0.857. The van der Waals surface area contributed by atoms with Crippen molar-refractivity contribution >= 4 is 23.6 Å². The first-order chi connectivity index (χ1) is 9.58. The summed E-state index contributed by atoms with van der Waals surface area (Å²) in [4.78, 5) is 25.9. The molecule has 0 aromatic heterocycles. The van der Waals surface area contributed by atoms with Crippen LogP contribution in [0.2, 0.25) is 0 Å². The molecule has 1 aliphatic carbocycles. The van der Waals surface area contributed by atoms with Crippen LogP contribution in [-0.4, -0.2) is 60.9 Å². The highest BCUT2D eigenvalue weighted by Gasteiger charge is 2.26. The molecule has 2 amide bonds. The highest BCUT2D eigenvalue weighted by Crippen LogP contribution is 2.24. The van der Waals surface area contributed by atoms with Gasteiger partial charge >= 0.3 is 0 Å². The van der Waals surface area contributed by atoms with E-state index >= 15 is 0 Å². The van der Waals surface area contributed by atoms with E-state index in [0.717, 1.165) is 12.3 Å². The number of hydrogen-bond acceptors (Lipinski definition) is 4. The minimum absolute atomic E-state index is 0.0648. The van der Waals surface area contributed by atoms with E-state index in [2.05, 4.69) is 22.6 Å². The Labute approximate surface area is 126 Å². The van der Waals surface area contributed by atoms with Gasteiger partial charge in [0.2, 0.25) is 11.8 Å². The summed E-state index contributed by atoms with van der Waals surface area (Å²) in [5.41, 5.74) is 0. The molecule has 0 spiro atoms. The Bertz CT molecular complexity index is 322. The van der Waals surface area contributed by atoms with Crippen LogP contribution in [0.5, 0.6) is 0 Å². The summed E-state index contributed by atoms with van der Waals surface area (Å²) in [6.45, 7) is 3.31. The molecule has 1 unspecified atom stereocenters. The lowest BCUT2D eigenvalue weighted by atomic mass is 10.2. The lowest BCUT2D eigenvalue weighted by molar-refractivity contribution is -0.128. The average molecular weight is 301 g/mol. The number of hydrogen-bond donors (Lipinski definition) is 2. The Morgan fingerprint density at radius 2 is 2.10 bits per heavy atom. The maximum atomic E-state index is 12.1. The van der Waals surface area contributed by atoms with Crippen LogP contribution >= 0.6 is 11.8 Å². The molecule has 6 heteroatoms. The molecule has 0 bridgehead atoms. The van der Waals surface area contributed by atoms with Gasteiger partial charge in [0.15, 0.2) is 0 Å². The smallest absolute Gasteiger partial charge is 0.242 e. The quantitative estimate of drug-likeness (QED) is 0.628. The monoisotopic (exact) mass is 301 g/mol. The highest BCUT2D eigenvalue weighted by atomic mass is 32.2. The largest absolute Gasteiger partial charge is 0.353 e. The second kappa shape index (κ2) is 9.23. The van der Waals surface area contributed by atoms with Gasteiger partial charge in [-0.25, -0.2) is 0 Å². The zero-order chi connectivity index (χ0) is 15.0. The molecule has 0 aromatic carbocycles. The number of rotatable bonds is 10. The molecule has 0 aromatic rings. The Hall–Kier alpha value is -0.750. The number of nitrogens with zero attached hydrogens (tertiary/aromatic N) is 1. The first kappa shape index (κ1) is 17.3. The first-order valence-electron chi connectivity index (χ1n) is 7.34. The molecule has 2 N–H and O–H groups in total. The Morgan fingerprint density at radius 3 is 2.65 bits per heavy atom. The van der Waals surface area contributed by atoms with Crippen molar-refractivity contribution < 1.29 is 9.59 Å². The van der Waals surface area contributed by atoms with Crippen LogP contribution in [0.25, 0.3) is 0 Å². The second-order valence-electron chi connectivity index (χ2n) is 5.26. The summed E-state index contributed by atoms with van der Waals surface area (Å²) < 4.78 is 0. The minimum atomic E-state index is -0.402. The minimum Gasteiger partial charge on any atom is -0.353 e. The van der Waals surface area contributed by atoms with Crippen molar-refractivity contribution in [3.8, 4) is 0 Å². The summed E-state index contributed by atoms with van der Waals surface area (Å²) >= 11 is 1.68. The topological polar surface area (TPSA) is 61.4 Å². The number of amides is 2. The van der Waals surface area contributed by atoms with Gasteiger partial charge < -0.3 is 15.5 Å². The molecule has 1 atom stereocenters. The maximum absolute atomic E-state index is 12.1. The molecule has 0 saturated heterocycles. The number of thioether (sulfide) groups is 1. The molecule has 1 fully saturated rings. The maximum Gasteiger partial charge on any atom is 0.242 e. The predicted octanol–water partition coefficient (Wildman–Crippen LogP) is 0.845. The zero-order valence-electron chi connectivity index (χ0n) is 12.8. The van der Waals surface area contributed by atoms with Gasteiger partial charge in [-0.2, -0.15) is 11.8 Å². The third kappa shape index (κ3) is 6.61. The van der Waals surface area contributed by atoms with Crippen LogP contribution in [0.15, 0.2) is 0 Å². The fourth-order valence-electron chi connectivity index (χ4n) is 1.98. The van der Waals surface area contributed by atoms with Crippen molar-refractivity contribution in [1.29, 1.82) is 0 Å². The number of likely N-dealkylation sites (N-methyl/N-ethyl adjacent to an activating group) is 1. The Kier molecular flexibility index (Phi) is 7.99. The molecule has 5 nitrogen and oxygen atoms in total. The highest BCUT2D eigenvalue weighted by molar-refractivity contribution is 7.98. The van der Waals surface area contributed by atoms with Crippen LogP contribution in [0.1, 0.15) is 32.6 Å². The Balaban J connectivity index is 2.30. The summed E-state index contributed by atoms with van der Waals surface area (Å²) in [6, 6.07) is 0.306. The van der Waals surface area contributed by atoms with E-state index in [1.54, 1.807) is 18.7 Å². The molecule has 0 heterocycles. The SMILES string of the molecule is CCC(=O)NC(CCSC)C(=O)NCCN(C)C1CC1. The van der Waals surface area contributed by atoms with Crippen molar-refractivity contribution in [1.82, 2.24) is 15.5 Å². The summed E-state index contributed by atoms with van der Waals surface area (Å²) in [6.07, 6.45) is 5.63. The molecule has 1 aliphatic rings. The predicted molar refractivity (Wildman–Crippen MR) is 83.9 cm³/mol. The molecular weight excluding hydrogens is 274 g/mol. The van der Waals surface area contributed by atoms with Gasteiger partial charge in [-0.15, -0.1) is 0 Å². The van der Waals surface area contributed by atoms with E-state index in [-0.39, 0.29) is 11.8 Å². The van der Waals surface area contributed by atoms with Crippen LogP contribution in [0.3, 0.4) is 0 Å². The van der Waals surface area contributed by atoms with Crippen molar-refractivity contribution in [3.63, 3.8) is 0 Å². The third-order valence-electron chi connectivity index (χ3n) is 3.52. The molecule has 0 radical (unpaired) electrons. The lowest BCUT2D eigenvalue weighted by Crippen LogP contribution is -2.48. The van der Waals surface area contributed by atoms with Gasteiger partial charge in [0.25, 0.3) is 0 Å². The van der Waals surface area contributed by atoms with Crippen LogP contribution < -0.4 is 10.6 Å². The van der Waals surface area contributed by atoms with Crippen LogP contribution in [-0.2, 0) is 9.59 Å². The van der Waals surface area contributed by atoms with Crippen molar-refractivity contribution in [2.75, 3.05) is 32.1 Å². The van der Waals surface area contributed by atoms with E-state index in [1.807, 2.05) is 6.26 Å². The van der Waals surface area contributed by atoms with E-state index in [1.165, 1.54) is 12.8 Å². The van der Waals surface area contributed by atoms with Crippen molar-refractivity contribution in [3.05, 3.63) is 0 Å². The molecular formula is C14H27N3O2S. The van der Waals surface area contributed by atoms with E-state index in [9.17, 15) is 9.59 Å². The summed E-state index contributed by atoms with van der Waals surface area (Å²) in [7, 11) is 2.09. The third-order valence-corrected chi connectivity index (χ3v) is 4.16. The molecule has 20 heavy (non-hydrogen) atoms. The summed E-state index contributed by atoms with van der Waals surface area (Å²) in [5.74, 6) is 0.732. The molecule has 1 rings (SSSR count). The number of carbonyl (C=O) groups excluding carboxylic acids is 2. The van der Waals surface area contributed by atoms with Crippen molar-refractivity contribution in [2.24, 2.45) is 0 Å². The molecule has 116 valence electrons. The van der Waals surface area contributed by atoms with Gasteiger partial charge in [-0.3, -0.25) is 9.59 Å². The standard InChI is InChI=1S/C14H27N3O2S/c1-4-13(18)16-12(7-10-20-3)14(19)15-8-9-17(2)11-5-6-11/h11-12H,4-10H2,1-3H3,(H,15,19)(H,16,18). The summed E-state index contributed by atoms with van der Waals surface area (Å²) in [5, 5.41) is 5.73. The molecule has 0 aliphatic heterocycles. The first-order valence-corrected chi connectivity index (χ1v) is 8.74. The van der Waals surface area contributed by atoms with Crippen molar-refractivity contribution in [2.45, 2.75) is 44.7 Å². The van der Waals surface area contributed by atoms with Crippen LogP contribution in [0, 0.1) is 0 Å². The molecule has 1 saturated carbocycles. The lowest BCUT2D eigenvalue weighted by Gasteiger charge is -2.20. The zero-order valence-corrected chi connectivity index (χ0v) is 13.6. The number of nitrogens with one attached hydrogen (secondary N) is 2. The van der Waals surface area contributed by atoms with E-state index in [0.29, 0.717) is 25.4 Å². The van der Waals surface area contributed by atoms with Gasteiger partial charge in [-0.1, -0.05) is 6.92 Å². The Morgan fingerprint density at radius 1 is 1.40 bits per heavy atom. The van der Waals surface area contributed by atoms with Crippen LogP contribution in [0.4, 0.5) is 0 Å². The van der Waals surface area contributed by atoms with Gasteiger partial charge in [-0.05, 0) is 38.3 Å². The van der Waals surface area contributed by atoms with Gasteiger partial charge in [0.1, 0.15) is 6.04 Å². The average Bonchev–Trinajstić information content (AvgIpc) is 3.27. The van der Waals surface area contributed by atoms with E-state index < -0.39 is 6.04 Å².